The summed E-state index contributed by atoms with van der Waals surface area (Å²) < 4.78 is 13.3. The molecule has 2 amide bonds. The smallest absolute Gasteiger partial charge is 0.256 e. The van der Waals surface area contributed by atoms with Crippen LogP contribution in [0.3, 0.4) is 0 Å². The Morgan fingerprint density at radius 2 is 1.64 bits per heavy atom. The topological polar surface area (TPSA) is 59.1 Å². The molecule has 0 saturated carbocycles. The molecule has 2 saturated heterocycles. The number of amides is 2. The number of anilines is 3. The third kappa shape index (κ3) is 7.15. The molecule has 2 heterocycles. The van der Waals surface area contributed by atoms with Crippen LogP contribution in [-0.2, 0) is 9.59 Å². The third-order valence-corrected chi connectivity index (χ3v) is 8.80. The van der Waals surface area contributed by atoms with Gasteiger partial charge in [0.05, 0.1) is 22.2 Å². The molecule has 42 heavy (non-hydrogen) atoms. The summed E-state index contributed by atoms with van der Waals surface area (Å²) in [6.45, 7) is 4.88. The quantitative estimate of drug-likeness (QED) is 0.274. The van der Waals surface area contributed by atoms with E-state index in [-0.39, 0.29) is 18.2 Å². The average molecular weight is 649 g/mol. The fourth-order valence-electron chi connectivity index (χ4n) is 5.24. The number of hydrogen-bond acceptors (Lipinski definition) is 5. The van der Waals surface area contributed by atoms with Crippen LogP contribution in [0.4, 0.5) is 21.5 Å². The third-order valence-electron chi connectivity index (χ3n) is 7.41. The number of hydrogen-bond donors (Lipinski definition) is 1. The first-order valence-electron chi connectivity index (χ1n) is 13.6. The Balaban J connectivity index is 1.24. The van der Waals surface area contributed by atoms with Gasteiger partial charge in [0.1, 0.15) is 11.9 Å². The van der Waals surface area contributed by atoms with Crippen LogP contribution in [0.1, 0.15) is 12.8 Å². The number of halogens is 4. The molecule has 0 spiro atoms. The second kappa shape index (κ2) is 13.6. The summed E-state index contributed by atoms with van der Waals surface area (Å²) in [7, 11) is 0. The minimum atomic E-state index is -0.799. The van der Waals surface area contributed by atoms with Crippen molar-refractivity contribution in [1.82, 2.24) is 9.80 Å². The Bertz CT molecular complexity index is 1470. The summed E-state index contributed by atoms with van der Waals surface area (Å²) in [6.07, 6.45) is 0.627. The number of nitrogens with one attached hydrogen (secondary N) is 1. The molecule has 0 radical (unpaired) electrons. The van der Waals surface area contributed by atoms with Crippen molar-refractivity contribution in [2.24, 2.45) is 0 Å². The molecule has 0 aromatic heterocycles. The molecular weight excluding hydrogens is 620 g/mol. The van der Waals surface area contributed by atoms with Gasteiger partial charge >= 0.3 is 0 Å². The molecule has 1 unspecified atom stereocenters. The summed E-state index contributed by atoms with van der Waals surface area (Å²) in [4.78, 5) is 34.6. The van der Waals surface area contributed by atoms with Crippen molar-refractivity contribution in [3.8, 4) is 0 Å². The second-order valence-electron chi connectivity index (χ2n) is 10.2. The van der Waals surface area contributed by atoms with Crippen molar-refractivity contribution in [3.63, 3.8) is 0 Å². The predicted molar refractivity (Wildman–Crippen MR) is 171 cm³/mol. The van der Waals surface area contributed by atoms with Gasteiger partial charge in [-0.25, -0.2) is 4.39 Å². The lowest BCUT2D eigenvalue weighted by atomic mass is 10.1. The molecule has 1 N–H and O–H groups in total. The largest absolute Gasteiger partial charge is 0.369 e. The van der Waals surface area contributed by atoms with Crippen LogP contribution in [0.25, 0.3) is 0 Å². The van der Waals surface area contributed by atoms with E-state index in [1.807, 2.05) is 23.1 Å². The highest BCUT2D eigenvalue weighted by atomic mass is 35.5. The van der Waals surface area contributed by atoms with Crippen molar-refractivity contribution in [3.05, 3.63) is 87.6 Å². The molecule has 220 valence electrons. The number of nitrogens with zero attached hydrogens (tertiary/aromatic N) is 4. The lowest BCUT2D eigenvalue weighted by Crippen LogP contribution is -2.47. The van der Waals surface area contributed by atoms with Crippen molar-refractivity contribution in [2.45, 2.75) is 18.9 Å². The fourth-order valence-corrected chi connectivity index (χ4v) is 6.13. The van der Waals surface area contributed by atoms with E-state index in [0.29, 0.717) is 33.1 Å². The zero-order valence-electron chi connectivity index (χ0n) is 22.6. The molecule has 3 aromatic carbocycles. The Kier molecular flexibility index (Phi) is 9.85. The molecule has 2 aliphatic rings. The normalized spacial score (nSPS) is 17.7. The molecule has 0 aliphatic carbocycles. The van der Waals surface area contributed by atoms with E-state index in [2.05, 4.69) is 21.2 Å². The number of benzene rings is 3. The first kappa shape index (κ1) is 30.5. The molecule has 2 fully saturated rings. The summed E-state index contributed by atoms with van der Waals surface area (Å²) in [5, 5.41) is 4.44. The van der Waals surface area contributed by atoms with Gasteiger partial charge < -0.3 is 15.1 Å². The van der Waals surface area contributed by atoms with E-state index in [9.17, 15) is 14.0 Å². The Morgan fingerprint density at radius 1 is 0.905 bits per heavy atom. The number of piperazine rings is 1. The second-order valence-corrected chi connectivity index (χ2v) is 11.8. The van der Waals surface area contributed by atoms with Gasteiger partial charge in [-0.2, -0.15) is 0 Å². The number of rotatable bonds is 9. The molecule has 5 rings (SSSR count). The number of thiocarbonyl (C=S) groups is 1. The molecule has 12 heteroatoms. The van der Waals surface area contributed by atoms with E-state index in [1.54, 1.807) is 18.2 Å². The molecule has 1 atom stereocenters. The number of carbonyl (C=O) groups is 2. The maximum absolute atomic E-state index is 13.7. The summed E-state index contributed by atoms with van der Waals surface area (Å²) in [5.41, 5.74) is 2.05. The van der Waals surface area contributed by atoms with Crippen LogP contribution in [0.5, 0.6) is 0 Å². The Labute approximate surface area is 264 Å². The van der Waals surface area contributed by atoms with Crippen LogP contribution in [0, 0.1) is 5.82 Å². The average Bonchev–Trinajstić information content (AvgIpc) is 3.20. The van der Waals surface area contributed by atoms with Crippen LogP contribution in [-0.4, -0.2) is 72.0 Å². The maximum atomic E-state index is 13.7. The zero-order valence-corrected chi connectivity index (χ0v) is 25.7. The molecule has 3 aromatic rings. The van der Waals surface area contributed by atoms with Crippen molar-refractivity contribution in [2.75, 3.05) is 54.4 Å². The lowest BCUT2D eigenvalue weighted by molar-refractivity contribution is -0.124. The van der Waals surface area contributed by atoms with E-state index in [1.165, 1.54) is 29.2 Å². The highest BCUT2D eigenvalue weighted by Crippen LogP contribution is 2.32. The van der Waals surface area contributed by atoms with E-state index in [4.69, 9.17) is 47.0 Å². The maximum Gasteiger partial charge on any atom is 0.256 e. The lowest BCUT2D eigenvalue weighted by Gasteiger charge is -2.36. The Hall–Kier alpha value is -2.95. The standard InChI is InChI=1S/C30H29Cl3FN5O2S/c31-20-3-1-4-23(17-20)37-15-13-36(14-16-37)11-2-12-38-27(19-28(40)35-22-7-5-21(34)6-8-22)29(41)39(30(38)42)24-9-10-25(32)26(33)18-24/h1,3-10,17-18,27H,2,11-16,19H2,(H,35,40). The van der Waals surface area contributed by atoms with Crippen LogP contribution >= 0.6 is 47.0 Å². The van der Waals surface area contributed by atoms with Gasteiger partial charge in [0.15, 0.2) is 5.11 Å². The highest BCUT2D eigenvalue weighted by molar-refractivity contribution is 7.80. The van der Waals surface area contributed by atoms with Crippen molar-refractivity contribution in [1.29, 1.82) is 0 Å². The van der Waals surface area contributed by atoms with Gasteiger partial charge in [0.25, 0.3) is 5.91 Å². The molecular formula is C30H29Cl3FN5O2S. The minimum absolute atomic E-state index is 0.119. The van der Waals surface area contributed by atoms with Gasteiger partial charge in [-0.05, 0) is 85.8 Å². The minimum Gasteiger partial charge on any atom is -0.369 e. The molecule has 2 aliphatic heterocycles. The van der Waals surface area contributed by atoms with Crippen LogP contribution < -0.4 is 15.1 Å². The van der Waals surface area contributed by atoms with Gasteiger partial charge in [0, 0.05) is 49.1 Å². The first-order chi connectivity index (χ1) is 20.2. The highest BCUT2D eigenvalue weighted by Gasteiger charge is 2.44. The van der Waals surface area contributed by atoms with Gasteiger partial charge in [-0.15, -0.1) is 0 Å². The fraction of sp³-hybridized carbons (Fsp3) is 0.300. The molecule has 0 bridgehead atoms. The van der Waals surface area contributed by atoms with Crippen molar-refractivity contribution >= 4 is 81.0 Å². The number of carbonyl (C=O) groups excluding carboxylic acids is 2. The van der Waals surface area contributed by atoms with E-state index in [0.717, 1.165) is 49.9 Å². The SMILES string of the molecule is O=C(CC1C(=O)N(c2ccc(Cl)c(Cl)c2)C(=S)N1CCCN1CCN(c2cccc(Cl)c2)CC1)Nc1ccc(F)cc1. The monoisotopic (exact) mass is 647 g/mol. The predicted octanol–water partition coefficient (Wildman–Crippen LogP) is 6.33. The van der Waals surface area contributed by atoms with E-state index < -0.39 is 11.9 Å². The zero-order chi connectivity index (χ0) is 29.8. The summed E-state index contributed by atoms with van der Waals surface area (Å²) in [6, 6.07) is 17.4. The molecule has 7 nitrogen and oxygen atoms in total. The van der Waals surface area contributed by atoms with Crippen LogP contribution in [0.15, 0.2) is 66.7 Å². The van der Waals surface area contributed by atoms with Crippen LogP contribution in [0.2, 0.25) is 15.1 Å². The van der Waals surface area contributed by atoms with Crippen molar-refractivity contribution < 1.29 is 14.0 Å². The summed E-state index contributed by atoms with van der Waals surface area (Å²) in [5.74, 6) is -1.10. The van der Waals surface area contributed by atoms with Gasteiger partial charge in [0.2, 0.25) is 5.91 Å². The van der Waals surface area contributed by atoms with Gasteiger partial charge in [-0.3, -0.25) is 19.4 Å². The Morgan fingerprint density at radius 3 is 2.33 bits per heavy atom. The van der Waals surface area contributed by atoms with E-state index >= 15 is 0 Å². The van der Waals surface area contributed by atoms with Gasteiger partial charge in [-0.1, -0.05) is 40.9 Å². The first-order valence-corrected chi connectivity index (χ1v) is 15.1. The summed E-state index contributed by atoms with van der Waals surface area (Å²) >= 11 is 24.3.